The summed E-state index contributed by atoms with van der Waals surface area (Å²) >= 11 is 0. The number of nitrogens with zero attached hydrogens (tertiary/aromatic N) is 1. The molecule has 2 aliphatic heterocycles. The monoisotopic (exact) mass is 334 g/mol. The minimum Gasteiger partial charge on any atom is -0.343 e. The Balaban J connectivity index is 1.69. The second kappa shape index (κ2) is 6.64. The number of piperidine rings is 2. The van der Waals surface area contributed by atoms with Crippen LogP contribution in [0.3, 0.4) is 0 Å². The number of carbonyl (C=O) groups is 1. The van der Waals surface area contributed by atoms with Crippen molar-refractivity contribution in [2.45, 2.75) is 37.3 Å². The molecule has 25 heavy (non-hydrogen) atoms. The SMILES string of the molecule is CN1CC2CCC1([C@@H](NC(=O)c1ccccc1)c1ccccc1)CC2. The fourth-order valence-corrected chi connectivity index (χ4v) is 4.80. The van der Waals surface area contributed by atoms with E-state index < -0.39 is 0 Å². The zero-order valence-corrected chi connectivity index (χ0v) is 14.8. The molecule has 2 aromatic rings. The highest BCUT2D eigenvalue weighted by Gasteiger charge is 2.50. The number of carbonyl (C=O) groups excluding carboxylic acids is 1. The number of benzene rings is 2. The molecule has 0 radical (unpaired) electrons. The van der Waals surface area contributed by atoms with Crippen molar-refractivity contribution >= 4 is 5.91 Å². The summed E-state index contributed by atoms with van der Waals surface area (Å²) in [7, 11) is 2.23. The molecule has 1 atom stereocenters. The van der Waals surface area contributed by atoms with Crippen LogP contribution in [0.2, 0.25) is 0 Å². The zero-order chi connectivity index (χ0) is 17.3. The van der Waals surface area contributed by atoms with Crippen LogP contribution < -0.4 is 5.32 Å². The van der Waals surface area contributed by atoms with Crippen molar-refractivity contribution < 1.29 is 4.79 Å². The van der Waals surface area contributed by atoms with Crippen molar-refractivity contribution in [3.8, 4) is 0 Å². The summed E-state index contributed by atoms with van der Waals surface area (Å²) in [5.41, 5.74) is 1.96. The van der Waals surface area contributed by atoms with Crippen LogP contribution in [0.4, 0.5) is 0 Å². The highest BCUT2D eigenvalue weighted by Crippen LogP contribution is 2.48. The van der Waals surface area contributed by atoms with Gasteiger partial charge in [-0.05, 0) is 56.3 Å². The van der Waals surface area contributed by atoms with Gasteiger partial charge in [0.05, 0.1) is 6.04 Å². The molecule has 0 spiro atoms. The summed E-state index contributed by atoms with van der Waals surface area (Å²) in [6.45, 7) is 1.14. The molecule has 130 valence electrons. The second-order valence-electron chi connectivity index (χ2n) is 7.61. The fourth-order valence-electron chi connectivity index (χ4n) is 4.80. The van der Waals surface area contributed by atoms with Gasteiger partial charge in [0.25, 0.3) is 5.91 Å². The van der Waals surface area contributed by atoms with E-state index in [9.17, 15) is 4.79 Å². The van der Waals surface area contributed by atoms with Crippen LogP contribution in [0, 0.1) is 5.92 Å². The molecule has 1 N–H and O–H groups in total. The number of hydrogen-bond donors (Lipinski definition) is 1. The standard InChI is InChI=1S/C22H26N2O/c1-24-16-17-12-14-22(24,15-13-17)20(18-8-4-2-5-9-18)23-21(25)19-10-6-3-7-11-19/h2-11,17,20H,12-16H2,1H3,(H,23,25)/t17?,20-,22?/m0/s1. The Morgan fingerprint density at radius 3 is 2.24 bits per heavy atom. The van der Waals surface area contributed by atoms with Crippen molar-refractivity contribution in [2.75, 3.05) is 13.6 Å². The highest BCUT2D eigenvalue weighted by molar-refractivity contribution is 5.94. The van der Waals surface area contributed by atoms with Gasteiger partial charge in [-0.15, -0.1) is 0 Å². The minimum atomic E-state index is 0.0184. The average molecular weight is 334 g/mol. The molecule has 1 saturated carbocycles. The number of fused-ring (bicyclic) bond motifs is 3. The summed E-state index contributed by atoms with van der Waals surface area (Å²) in [5, 5.41) is 3.39. The molecule has 1 amide bonds. The van der Waals surface area contributed by atoms with Crippen LogP contribution in [-0.4, -0.2) is 29.9 Å². The lowest BCUT2D eigenvalue weighted by atomic mass is 9.66. The average Bonchev–Trinajstić information content (AvgIpc) is 2.68. The summed E-state index contributed by atoms with van der Waals surface area (Å²) < 4.78 is 0. The zero-order valence-electron chi connectivity index (χ0n) is 14.8. The van der Waals surface area contributed by atoms with Crippen LogP contribution in [-0.2, 0) is 0 Å². The lowest BCUT2D eigenvalue weighted by Crippen LogP contribution is -2.62. The van der Waals surface area contributed by atoms with Gasteiger partial charge in [-0.2, -0.15) is 0 Å². The van der Waals surface area contributed by atoms with E-state index >= 15 is 0 Å². The van der Waals surface area contributed by atoms with Crippen LogP contribution in [0.25, 0.3) is 0 Å². The van der Waals surface area contributed by atoms with Gasteiger partial charge in [0.15, 0.2) is 0 Å². The lowest BCUT2D eigenvalue weighted by Gasteiger charge is -2.57. The van der Waals surface area contributed by atoms with E-state index in [1.807, 2.05) is 36.4 Å². The van der Waals surface area contributed by atoms with E-state index in [1.54, 1.807) is 0 Å². The van der Waals surface area contributed by atoms with Gasteiger partial charge in [-0.25, -0.2) is 0 Å². The first-order chi connectivity index (χ1) is 12.2. The smallest absolute Gasteiger partial charge is 0.251 e. The largest absolute Gasteiger partial charge is 0.343 e. The third-order valence-electron chi connectivity index (χ3n) is 6.24. The molecule has 3 aliphatic rings. The fraction of sp³-hybridized carbons (Fsp3) is 0.409. The van der Waals surface area contributed by atoms with Gasteiger partial charge >= 0.3 is 0 Å². The Morgan fingerprint density at radius 1 is 1.04 bits per heavy atom. The van der Waals surface area contributed by atoms with Crippen LogP contribution >= 0.6 is 0 Å². The van der Waals surface area contributed by atoms with E-state index in [1.165, 1.54) is 18.4 Å². The first-order valence-corrected chi connectivity index (χ1v) is 9.31. The molecule has 5 rings (SSSR count). The number of amides is 1. The maximum atomic E-state index is 12.9. The van der Waals surface area contributed by atoms with Gasteiger partial charge in [0, 0.05) is 17.6 Å². The molecule has 0 aromatic heterocycles. The Labute approximate surface area is 150 Å². The van der Waals surface area contributed by atoms with E-state index in [0.717, 1.165) is 30.9 Å². The summed E-state index contributed by atoms with van der Waals surface area (Å²) in [6.07, 6.45) is 4.86. The molecule has 2 aromatic carbocycles. The molecule has 2 bridgehead atoms. The first-order valence-electron chi connectivity index (χ1n) is 9.31. The number of likely N-dealkylation sites (N-methyl/N-ethyl adjacent to an activating group) is 1. The number of nitrogens with one attached hydrogen (secondary N) is 1. The topological polar surface area (TPSA) is 32.3 Å². The van der Waals surface area contributed by atoms with Gasteiger partial charge in [0.2, 0.25) is 0 Å². The molecule has 0 unspecified atom stereocenters. The van der Waals surface area contributed by atoms with Crippen molar-refractivity contribution in [2.24, 2.45) is 5.92 Å². The Bertz CT molecular complexity index is 720. The predicted octanol–water partition coefficient (Wildman–Crippen LogP) is 4.03. The van der Waals surface area contributed by atoms with Crippen LogP contribution in [0.5, 0.6) is 0 Å². The number of hydrogen-bond acceptors (Lipinski definition) is 2. The van der Waals surface area contributed by atoms with E-state index in [4.69, 9.17) is 0 Å². The maximum absolute atomic E-state index is 12.9. The van der Waals surface area contributed by atoms with E-state index in [0.29, 0.717) is 0 Å². The molecular formula is C22H26N2O. The van der Waals surface area contributed by atoms with E-state index in [2.05, 4.69) is 41.5 Å². The summed E-state index contributed by atoms with van der Waals surface area (Å²) in [5.74, 6) is 0.845. The molecule has 2 saturated heterocycles. The Kier molecular flexibility index (Phi) is 4.34. The summed E-state index contributed by atoms with van der Waals surface area (Å²) in [4.78, 5) is 15.4. The Morgan fingerprint density at radius 2 is 1.64 bits per heavy atom. The van der Waals surface area contributed by atoms with E-state index in [-0.39, 0.29) is 17.5 Å². The molecule has 3 heteroatoms. The molecule has 3 nitrogen and oxygen atoms in total. The third kappa shape index (κ3) is 2.98. The van der Waals surface area contributed by atoms with Gasteiger partial charge in [0.1, 0.15) is 0 Å². The predicted molar refractivity (Wildman–Crippen MR) is 100 cm³/mol. The summed E-state index contributed by atoms with van der Waals surface area (Å²) in [6, 6.07) is 20.1. The normalized spacial score (nSPS) is 27.0. The minimum absolute atomic E-state index is 0.0184. The lowest BCUT2D eigenvalue weighted by molar-refractivity contribution is -0.0404. The Hall–Kier alpha value is -2.13. The third-order valence-corrected chi connectivity index (χ3v) is 6.24. The van der Waals surface area contributed by atoms with Gasteiger partial charge in [-0.1, -0.05) is 48.5 Å². The number of rotatable bonds is 4. The molecule has 3 fully saturated rings. The highest BCUT2D eigenvalue weighted by atomic mass is 16.1. The van der Waals surface area contributed by atoms with Crippen molar-refractivity contribution in [3.63, 3.8) is 0 Å². The van der Waals surface area contributed by atoms with Gasteiger partial charge < -0.3 is 5.32 Å². The van der Waals surface area contributed by atoms with Gasteiger partial charge in [-0.3, -0.25) is 9.69 Å². The second-order valence-corrected chi connectivity index (χ2v) is 7.61. The first kappa shape index (κ1) is 16.3. The van der Waals surface area contributed by atoms with Crippen molar-refractivity contribution in [1.29, 1.82) is 0 Å². The molecule has 1 aliphatic carbocycles. The molecular weight excluding hydrogens is 308 g/mol. The van der Waals surface area contributed by atoms with Crippen molar-refractivity contribution in [1.82, 2.24) is 10.2 Å². The van der Waals surface area contributed by atoms with Crippen LogP contribution in [0.1, 0.15) is 47.6 Å². The van der Waals surface area contributed by atoms with Crippen LogP contribution in [0.15, 0.2) is 60.7 Å². The quantitative estimate of drug-likeness (QED) is 0.915. The van der Waals surface area contributed by atoms with Crippen molar-refractivity contribution in [3.05, 3.63) is 71.8 Å². The maximum Gasteiger partial charge on any atom is 0.251 e. The molecule has 2 heterocycles.